The van der Waals surface area contributed by atoms with E-state index >= 15 is 0 Å². The van der Waals surface area contributed by atoms with E-state index in [9.17, 15) is 4.79 Å². The number of nitrogens with one attached hydrogen (secondary N) is 1. The lowest BCUT2D eigenvalue weighted by Crippen LogP contribution is -2.35. The van der Waals surface area contributed by atoms with Crippen molar-refractivity contribution in [3.63, 3.8) is 0 Å². The van der Waals surface area contributed by atoms with Crippen LogP contribution in [-0.4, -0.2) is 45.7 Å². The van der Waals surface area contributed by atoms with Crippen LogP contribution in [0.15, 0.2) is 52.2 Å². The zero-order valence-corrected chi connectivity index (χ0v) is 18.4. The van der Waals surface area contributed by atoms with E-state index in [1.165, 1.54) is 16.8 Å². The number of benzene rings is 1. The standard InChI is InChI=1S/C22H23N5O3S/c1-4-5-8-19-25-27-20(23)16(21(28)24-22(27)31-19)12-14-7-6-11-26(14)17-13-15(29-2)9-10-18(17)30-3/h6-7,9-13,23H,4-5,8H2,1-3H3/b16-12-,23-20?. The SMILES string of the molecule is CCCCC1=NN2C(=N)/C(=C/c3cccn3-c3cc(OC)ccc3OC)C(=O)N=C2S1. The molecule has 160 valence electrons. The Morgan fingerprint density at radius 2 is 2.06 bits per heavy atom. The first-order valence-electron chi connectivity index (χ1n) is 9.94. The van der Waals surface area contributed by atoms with Crippen molar-refractivity contribution in [2.45, 2.75) is 26.2 Å². The Hall–Kier alpha value is -3.33. The fraction of sp³-hybridized carbons (Fsp3) is 0.273. The van der Waals surface area contributed by atoms with Gasteiger partial charge in [0.05, 0.1) is 25.5 Å². The summed E-state index contributed by atoms with van der Waals surface area (Å²) in [6, 6.07) is 9.22. The number of amides is 1. The molecule has 0 unspecified atom stereocenters. The van der Waals surface area contributed by atoms with Gasteiger partial charge in [0.25, 0.3) is 5.91 Å². The largest absolute Gasteiger partial charge is 0.497 e. The van der Waals surface area contributed by atoms with Gasteiger partial charge in [0.2, 0.25) is 5.17 Å². The summed E-state index contributed by atoms with van der Waals surface area (Å²) < 4.78 is 12.7. The van der Waals surface area contributed by atoms with Crippen LogP contribution in [-0.2, 0) is 4.79 Å². The van der Waals surface area contributed by atoms with E-state index in [4.69, 9.17) is 14.9 Å². The molecule has 0 aliphatic carbocycles. The Morgan fingerprint density at radius 1 is 1.23 bits per heavy atom. The lowest BCUT2D eigenvalue weighted by Gasteiger charge is -2.20. The van der Waals surface area contributed by atoms with E-state index in [0.29, 0.717) is 22.4 Å². The number of thioether (sulfide) groups is 1. The van der Waals surface area contributed by atoms with Crippen molar-refractivity contribution in [1.82, 2.24) is 9.58 Å². The number of carbonyl (C=O) groups is 1. The summed E-state index contributed by atoms with van der Waals surface area (Å²) in [5.74, 6) is 0.922. The molecular weight excluding hydrogens is 414 g/mol. The van der Waals surface area contributed by atoms with Gasteiger partial charge >= 0.3 is 0 Å². The van der Waals surface area contributed by atoms with Gasteiger partial charge in [-0.15, -0.1) is 0 Å². The molecule has 1 aromatic heterocycles. The summed E-state index contributed by atoms with van der Waals surface area (Å²) in [7, 11) is 3.20. The first kappa shape index (κ1) is 20.9. The molecule has 2 aliphatic heterocycles. The second-order valence-electron chi connectivity index (χ2n) is 6.96. The molecular formula is C22H23N5O3S. The predicted molar refractivity (Wildman–Crippen MR) is 123 cm³/mol. The van der Waals surface area contributed by atoms with Crippen molar-refractivity contribution in [2.24, 2.45) is 10.1 Å². The Balaban J connectivity index is 1.70. The van der Waals surface area contributed by atoms with Gasteiger partial charge in [-0.25, -0.2) is 0 Å². The summed E-state index contributed by atoms with van der Waals surface area (Å²) in [6.45, 7) is 2.11. The first-order chi connectivity index (χ1) is 15.0. The van der Waals surface area contributed by atoms with Gasteiger partial charge < -0.3 is 14.0 Å². The highest BCUT2D eigenvalue weighted by Gasteiger charge is 2.35. The highest BCUT2D eigenvalue weighted by Crippen LogP contribution is 2.32. The summed E-state index contributed by atoms with van der Waals surface area (Å²) >= 11 is 1.36. The number of amidine groups is 2. The average molecular weight is 438 g/mol. The molecule has 0 saturated heterocycles. The number of hydrazone groups is 1. The van der Waals surface area contributed by atoms with Crippen LogP contribution < -0.4 is 9.47 Å². The highest BCUT2D eigenvalue weighted by molar-refractivity contribution is 8.26. The summed E-state index contributed by atoms with van der Waals surface area (Å²) in [6.07, 6.45) is 6.40. The van der Waals surface area contributed by atoms with Gasteiger partial charge in [0.1, 0.15) is 16.5 Å². The predicted octanol–water partition coefficient (Wildman–Crippen LogP) is 4.30. The maximum Gasteiger partial charge on any atom is 0.283 e. The van der Waals surface area contributed by atoms with Crippen LogP contribution in [0.5, 0.6) is 11.5 Å². The maximum atomic E-state index is 12.7. The molecule has 9 heteroatoms. The molecule has 2 aromatic rings. The highest BCUT2D eigenvalue weighted by atomic mass is 32.2. The second-order valence-corrected chi connectivity index (χ2v) is 8.00. The van der Waals surface area contributed by atoms with E-state index < -0.39 is 5.91 Å². The van der Waals surface area contributed by atoms with Crippen molar-refractivity contribution in [3.8, 4) is 17.2 Å². The molecule has 1 aromatic carbocycles. The zero-order valence-electron chi connectivity index (χ0n) is 17.6. The molecule has 1 N–H and O–H groups in total. The number of hydrogen-bond donors (Lipinski definition) is 1. The molecule has 2 aliphatic rings. The maximum absolute atomic E-state index is 12.7. The minimum absolute atomic E-state index is 0.0272. The number of nitrogens with zero attached hydrogens (tertiary/aromatic N) is 4. The quantitative estimate of drug-likeness (QED) is 0.652. The lowest BCUT2D eigenvalue weighted by atomic mass is 10.1. The number of ether oxygens (including phenoxy) is 2. The average Bonchev–Trinajstić information content (AvgIpc) is 3.41. The molecule has 0 spiro atoms. The van der Waals surface area contributed by atoms with Crippen LogP contribution in [0.2, 0.25) is 0 Å². The molecule has 8 nitrogen and oxygen atoms in total. The zero-order chi connectivity index (χ0) is 22.0. The van der Waals surface area contributed by atoms with Crippen molar-refractivity contribution in [1.29, 1.82) is 5.41 Å². The summed E-state index contributed by atoms with van der Waals surface area (Å²) in [5.41, 5.74) is 1.65. The van der Waals surface area contributed by atoms with Crippen LogP contribution in [0.25, 0.3) is 11.8 Å². The normalized spacial score (nSPS) is 17.0. The van der Waals surface area contributed by atoms with Crippen molar-refractivity contribution in [3.05, 3.63) is 47.8 Å². The number of aliphatic imine (C=N–C) groups is 1. The molecule has 0 bridgehead atoms. The van der Waals surface area contributed by atoms with Crippen LogP contribution in [0.4, 0.5) is 0 Å². The van der Waals surface area contributed by atoms with E-state index in [2.05, 4.69) is 17.0 Å². The minimum atomic E-state index is -0.443. The number of methoxy groups -OCH3 is 2. The fourth-order valence-corrected chi connectivity index (χ4v) is 4.25. The van der Waals surface area contributed by atoms with E-state index in [0.717, 1.165) is 30.0 Å². The van der Waals surface area contributed by atoms with Crippen molar-refractivity contribution >= 4 is 39.8 Å². The summed E-state index contributed by atoms with van der Waals surface area (Å²) in [4.78, 5) is 16.9. The minimum Gasteiger partial charge on any atom is -0.497 e. The number of hydrogen-bond acceptors (Lipinski definition) is 6. The van der Waals surface area contributed by atoms with Crippen molar-refractivity contribution in [2.75, 3.05) is 14.2 Å². The Labute approximate surface area is 184 Å². The summed E-state index contributed by atoms with van der Waals surface area (Å²) in [5, 5.41) is 15.8. The third-order valence-corrected chi connectivity index (χ3v) is 5.93. The molecule has 4 rings (SSSR count). The van der Waals surface area contributed by atoms with E-state index in [-0.39, 0.29) is 11.4 Å². The topological polar surface area (TPSA) is 92.3 Å². The molecule has 1 amide bonds. The van der Waals surface area contributed by atoms with Crippen molar-refractivity contribution < 1.29 is 14.3 Å². The lowest BCUT2D eigenvalue weighted by molar-refractivity contribution is -0.114. The van der Waals surface area contributed by atoms with E-state index in [1.54, 1.807) is 20.3 Å². The fourth-order valence-electron chi connectivity index (χ4n) is 3.32. The molecule has 31 heavy (non-hydrogen) atoms. The Bertz CT molecular complexity index is 1130. The molecule has 0 atom stereocenters. The molecule has 0 radical (unpaired) electrons. The number of carbonyl (C=O) groups excluding carboxylic acids is 1. The van der Waals surface area contributed by atoms with E-state index in [1.807, 2.05) is 41.1 Å². The van der Waals surface area contributed by atoms with Gasteiger partial charge in [-0.3, -0.25) is 10.2 Å². The van der Waals surface area contributed by atoms with Gasteiger partial charge in [-0.1, -0.05) is 13.3 Å². The van der Waals surface area contributed by atoms with Gasteiger partial charge in [-0.2, -0.15) is 15.1 Å². The Kier molecular flexibility index (Phi) is 5.94. The first-order valence-corrected chi connectivity index (χ1v) is 10.8. The number of unbranched alkanes of at least 4 members (excludes halogenated alkanes) is 1. The smallest absolute Gasteiger partial charge is 0.283 e. The third kappa shape index (κ3) is 4.00. The second kappa shape index (κ2) is 8.81. The third-order valence-electron chi connectivity index (χ3n) is 4.96. The Morgan fingerprint density at radius 3 is 2.81 bits per heavy atom. The molecule has 0 saturated carbocycles. The molecule has 3 heterocycles. The van der Waals surface area contributed by atoms with Crippen LogP contribution >= 0.6 is 11.8 Å². The molecule has 0 fully saturated rings. The number of fused-ring (bicyclic) bond motifs is 1. The number of aromatic nitrogens is 1. The van der Waals surface area contributed by atoms with Gasteiger partial charge in [0.15, 0.2) is 5.84 Å². The monoisotopic (exact) mass is 437 g/mol. The number of rotatable bonds is 7. The van der Waals surface area contributed by atoms with Gasteiger partial charge in [0, 0.05) is 18.0 Å². The van der Waals surface area contributed by atoms with Crippen LogP contribution in [0.1, 0.15) is 31.9 Å². The van der Waals surface area contributed by atoms with Crippen LogP contribution in [0.3, 0.4) is 0 Å². The van der Waals surface area contributed by atoms with Crippen LogP contribution in [0, 0.1) is 5.41 Å². The van der Waals surface area contributed by atoms with Gasteiger partial charge in [-0.05, 0) is 54.9 Å².